The number of hydrazone groups is 1. The summed E-state index contributed by atoms with van der Waals surface area (Å²) in [5.74, 6) is -0.107. The van der Waals surface area contributed by atoms with E-state index in [-0.39, 0.29) is 5.91 Å². The molecule has 3 aromatic rings. The third kappa shape index (κ3) is 5.29. The largest absolute Gasteiger partial charge is 0.493 e. The van der Waals surface area contributed by atoms with E-state index >= 15 is 0 Å². The van der Waals surface area contributed by atoms with Crippen LogP contribution in [0.3, 0.4) is 0 Å². The Labute approximate surface area is 168 Å². The number of benzene rings is 3. The lowest BCUT2D eigenvalue weighted by Crippen LogP contribution is -2.17. The van der Waals surface area contributed by atoms with Crippen LogP contribution in [0.2, 0.25) is 0 Å². The van der Waals surface area contributed by atoms with Gasteiger partial charge in [-0.15, -0.1) is 0 Å². The summed E-state index contributed by atoms with van der Waals surface area (Å²) < 4.78 is 10.8. The minimum Gasteiger partial charge on any atom is -0.493 e. The summed E-state index contributed by atoms with van der Waals surface area (Å²) in [4.78, 5) is 24.3. The molecule has 3 rings (SSSR count). The fourth-order valence-corrected chi connectivity index (χ4v) is 2.52. The van der Waals surface area contributed by atoms with Crippen LogP contribution >= 0.6 is 0 Å². The number of esters is 1. The molecule has 6 heteroatoms. The summed E-state index contributed by atoms with van der Waals surface area (Å²) in [6.07, 6.45) is 1.48. The average Bonchev–Trinajstić information content (AvgIpc) is 2.75. The zero-order valence-electron chi connectivity index (χ0n) is 16.1. The first kappa shape index (κ1) is 19.8. The lowest BCUT2D eigenvalue weighted by atomic mass is 10.1. The van der Waals surface area contributed by atoms with Crippen molar-refractivity contribution < 1.29 is 19.1 Å². The van der Waals surface area contributed by atoms with Crippen LogP contribution in [-0.2, 0) is 0 Å². The number of nitrogens with one attached hydrogen (secondary N) is 1. The number of methoxy groups -OCH3 is 1. The molecular weight excluding hydrogens is 368 g/mol. The first-order valence-corrected chi connectivity index (χ1v) is 8.92. The Kier molecular flexibility index (Phi) is 6.37. The van der Waals surface area contributed by atoms with Crippen LogP contribution in [-0.4, -0.2) is 25.2 Å². The molecule has 146 valence electrons. The van der Waals surface area contributed by atoms with Gasteiger partial charge in [0.25, 0.3) is 5.91 Å². The normalized spacial score (nSPS) is 10.6. The quantitative estimate of drug-likeness (QED) is 0.300. The fraction of sp³-hybridized carbons (Fsp3) is 0.0870. The number of aryl methyl sites for hydroxylation is 1. The van der Waals surface area contributed by atoms with Gasteiger partial charge in [0, 0.05) is 5.56 Å². The van der Waals surface area contributed by atoms with E-state index < -0.39 is 5.97 Å². The van der Waals surface area contributed by atoms with E-state index in [1.54, 1.807) is 54.6 Å². The number of ether oxygens (including phenoxy) is 2. The molecule has 0 spiro atoms. The second-order valence-electron chi connectivity index (χ2n) is 6.23. The van der Waals surface area contributed by atoms with Crippen molar-refractivity contribution >= 4 is 18.1 Å². The minimum absolute atomic E-state index is 0.295. The summed E-state index contributed by atoms with van der Waals surface area (Å²) in [6.45, 7) is 1.95. The highest BCUT2D eigenvalue weighted by atomic mass is 16.6. The van der Waals surface area contributed by atoms with Gasteiger partial charge in [-0.2, -0.15) is 5.10 Å². The molecule has 0 fully saturated rings. The molecule has 6 nitrogen and oxygen atoms in total. The van der Waals surface area contributed by atoms with E-state index in [0.717, 1.165) is 5.56 Å². The van der Waals surface area contributed by atoms with Gasteiger partial charge in [-0.25, -0.2) is 10.2 Å². The zero-order chi connectivity index (χ0) is 20.6. The van der Waals surface area contributed by atoms with E-state index in [9.17, 15) is 9.59 Å². The minimum atomic E-state index is -0.472. The Hall–Kier alpha value is -3.93. The van der Waals surface area contributed by atoms with Gasteiger partial charge < -0.3 is 9.47 Å². The Morgan fingerprint density at radius 2 is 1.62 bits per heavy atom. The lowest BCUT2D eigenvalue weighted by molar-refractivity contribution is 0.0729. The molecule has 0 saturated carbocycles. The number of amides is 1. The van der Waals surface area contributed by atoms with Gasteiger partial charge in [0.05, 0.1) is 18.9 Å². The SMILES string of the molecule is COc1cc(/C=N\NC(=O)c2ccccc2)ccc1OC(=O)c1ccc(C)cc1. The first-order chi connectivity index (χ1) is 14.1. The van der Waals surface area contributed by atoms with Crippen molar-refractivity contribution in [1.82, 2.24) is 5.43 Å². The van der Waals surface area contributed by atoms with Crippen molar-refractivity contribution in [3.05, 3.63) is 95.1 Å². The Morgan fingerprint density at radius 1 is 0.897 bits per heavy atom. The molecule has 0 radical (unpaired) electrons. The molecule has 0 bridgehead atoms. The predicted molar refractivity (Wildman–Crippen MR) is 111 cm³/mol. The van der Waals surface area contributed by atoms with Crippen molar-refractivity contribution in [2.24, 2.45) is 5.10 Å². The van der Waals surface area contributed by atoms with Gasteiger partial charge in [-0.1, -0.05) is 35.9 Å². The van der Waals surface area contributed by atoms with E-state index in [2.05, 4.69) is 10.5 Å². The molecule has 3 aromatic carbocycles. The highest BCUT2D eigenvalue weighted by Crippen LogP contribution is 2.28. The van der Waals surface area contributed by atoms with Crippen molar-refractivity contribution in [3.8, 4) is 11.5 Å². The predicted octanol–water partition coefficient (Wildman–Crippen LogP) is 3.99. The van der Waals surface area contributed by atoms with E-state index in [1.807, 2.05) is 25.1 Å². The zero-order valence-corrected chi connectivity index (χ0v) is 16.1. The smallest absolute Gasteiger partial charge is 0.343 e. The maximum atomic E-state index is 12.3. The van der Waals surface area contributed by atoms with Gasteiger partial charge in [-0.05, 0) is 55.0 Å². The molecule has 1 N–H and O–H groups in total. The molecule has 0 unspecified atom stereocenters. The molecular formula is C23H20N2O4. The Bertz CT molecular complexity index is 1030. The summed E-state index contributed by atoms with van der Waals surface area (Å²) >= 11 is 0. The van der Waals surface area contributed by atoms with Crippen molar-refractivity contribution in [2.75, 3.05) is 7.11 Å². The standard InChI is InChI=1S/C23H20N2O4/c1-16-8-11-19(12-9-16)23(27)29-20-13-10-17(14-21(20)28-2)15-24-25-22(26)18-6-4-3-5-7-18/h3-15H,1-2H3,(H,25,26)/b24-15-. The molecule has 0 aromatic heterocycles. The van der Waals surface area contributed by atoms with E-state index in [0.29, 0.717) is 28.2 Å². The van der Waals surface area contributed by atoms with E-state index in [4.69, 9.17) is 9.47 Å². The summed E-state index contributed by atoms with van der Waals surface area (Å²) in [5.41, 5.74) is 5.16. The Morgan fingerprint density at radius 3 is 2.31 bits per heavy atom. The van der Waals surface area contributed by atoms with Crippen LogP contribution in [0.15, 0.2) is 77.9 Å². The Balaban J connectivity index is 1.67. The van der Waals surface area contributed by atoms with Crippen LogP contribution in [0.1, 0.15) is 31.8 Å². The molecule has 0 aliphatic carbocycles. The molecule has 1 amide bonds. The van der Waals surface area contributed by atoms with Gasteiger partial charge in [0.2, 0.25) is 0 Å². The molecule has 29 heavy (non-hydrogen) atoms. The van der Waals surface area contributed by atoms with Gasteiger partial charge in [0.15, 0.2) is 11.5 Å². The van der Waals surface area contributed by atoms with Crippen molar-refractivity contribution in [3.63, 3.8) is 0 Å². The average molecular weight is 388 g/mol. The molecule has 0 aliphatic rings. The summed E-state index contributed by atoms with van der Waals surface area (Å²) in [5, 5.41) is 3.95. The maximum absolute atomic E-state index is 12.3. The van der Waals surface area contributed by atoms with Crippen LogP contribution in [0.4, 0.5) is 0 Å². The van der Waals surface area contributed by atoms with Gasteiger partial charge in [0.1, 0.15) is 0 Å². The first-order valence-electron chi connectivity index (χ1n) is 8.92. The molecule has 0 atom stereocenters. The second-order valence-corrected chi connectivity index (χ2v) is 6.23. The lowest BCUT2D eigenvalue weighted by Gasteiger charge is -2.10. The fourth-order valence-electron chi connectivity index (χ4n) is 2.52. The molecule has 0 heterocycles. The van der Waals surface area contributed by atoms with Crippen molar-refractivity contribution in [1.29, 1.82) is 0 Å². The maximum Gasteiger partial charge on any atom is 0.343 e. The number of rotatable bonds is 6. The van der Waals surface area contributed by atoms with Crippen LogP contribution in [0.25, 0.3) is 0 Å². The summed E-state index contributed by atoms with van der Waals surface area (Å²) in [7, 11) is 1.48. The highest BCUT2D eigenvalue weighted by Gasteiger charge is 2.12. The third-order valence-electron chi connectivity index (χ3n) is 4.09. The second kappa shape index (κ2) is 9.32. The summed E-state index contributed by atoms with van der Waals surface area (Å²) in [6, 6.07) is 20.9. The van der Waals surface area contributed by atoms with Crippen LogP contribution in [0, 0.1) is 6.92 Å². The molecule has 0 aliphatic heterocycles. The number of hydrogen-bond acceptors (Lipinski definition) is 5. The van der Waals surface area contributed by atoms with Crippen LogP contribution < -0.4 is 14.9 Å². The number of nitrogens with zero attached hydrogens (tertiary/aromatic N) is 1. The number of carbonyl (C=O) groups excluding carboxylic acids is 2. The number of carbonyl (C=O) groups is 2. The van der Waals surface area contributed by atoms with Gasteiger partial charge >= 0.3 is 5.97 Å². The van der Waals surface area contributed by atoms with Gasteiger partial charge in [-0.3, -0.25) is 4.79 Å². The monoisotopic (exact) mass is 388 g/mol. The number of hydrogen-bond donors (Lipinski definition) is 1. The topological polar surface area (TPSA) is 77.0 Å². The van der Waals surface area contributed by atoms with Crippen molar-refractivity contribution in [2.45, 2.75) is 6.92 Å². The third-order valence-corrected chi connectivity index (χ3v) is 4.09. The van der Waals surface area contributed by atoms with Crippen LogP contribution in [0.5, 0.6) is 11.5 Å². The highest BCUT2D eigenvalue weighted by molar-refractivity contribution is 5.95. The molecule has 0 saturated heterocycles. The van der Waals surface area contributed by atoms with E-state index in [1.165, 1.54) is 13.3 Å².